The van der Waals surface area contributed by atoms with Crippen molar-refractivity contribution < 1.29 is 27.9 Å². The number of nitrogens with one attached hydrogen (secondary N) is 2. The van der Waals surface area contributed by atoms with Gasteiger partial charge >= 0.3 is 5.97 Å². The van der Waals surface area contributed by atoms with Crippen LogP contribution in [0.15, 0.2) is 65.7 Å². The third kappa shape index (κ3) is 7.65. The molecule has 0 fully saturated rings. The lowest BCUT2D eigenvalue weighted by Gasteiger charge is -2.17. The number of hydrogen-bond acceptors (Lipinski definition) is 7. The molecule has 0 bridgehead atoms. The zero-order chi connectivity index (χ0) is 31.3. The van der Waals surface area contributed by atoms with Gasteiger partial charge in [0.15, 0.2) is 5.69 Å². The van der Waals surface area contributed by atoms with E-state index in [0.717, 1.165) is 11.1 Å². The molecule has 0 saturated carbocycles. The van der Waals surface area contributed by atoms with E-state index in [0.29, 0.717) is 17.8 Å². The number of benzene rings is 2. The minimum atomic E-state index is -4.18. The smallest absolute Gasteiger partial charge is 0.356 e. The van der Waals surface area contributed by atoms with Gasteiger partial charge in [0.25, 0.3) is 0 Å². The van der Waals surface area contributed by atoms with Gasteiger partial charge < -0.3 is 15.2 Å². The van der Waals surface area contributed by atoms with E-state index in [9.17, 15) is 23.1 Å². The summed E-state index contributed by atoms with van der Waals surface area (Å²) < 4.78 is 37.5. The highest BCUT2D eigenvalue weighted by atomic mass is 32.2. The molecular weight excluding hydrogens is 570 g/mol. The van der Waals surface area contributed by atoms with Gasteiger partial charge in [-0.1, -0.05) is 32.0 Å². The minimum absolute atomic E-state index is 0.0487. The Labute approximate surface area is 251 Å². The number of aryl methyl sites for hydroxylation is 2. The highest BCUT2D eigenvalue weighted by molar-refractivity contribution is 7.89. The average molecular weight is 606 g/mol. The molecule has 2 aromatic carbocycles. The van der Waals surface area contributed by atoms with Crippen LogP contribution in [0.25, 0.3) is 5.69 Å². The minimum Gasteiger partial charge on any atom is -0.476 e. The molecule has 0 spiro atoms. The Morgan fingerprint density at radius 2 is 1.81 bits per heavy atom. The van der Waals surface area contributed by atoms with Crippen LogP contribution in [-0.2, 0) is 21.2 Å². The molecule has 0 unspecified atom stereocenters. The molecule has 3 N–H and O–H groups in total. The fraction of sp³-hybridized carbons (Fsp3) is 0.290. The predicted molar refractivity (Wildman–Crippen MR) is 162 cm³/mol. The number of carbonyl (C=O) groups excluding carboxylic acids is 1. The topological polar surface area (TPSA) is 153 Å². The standard InChI is InChI=1S/C31H35N5O6S/c1-19(2)16-28(37)34-24-11-12-26(27(18-24)43(40,41)33-15-13-23-8-6-7-14-32-23)42-30-22(5)29(31(38)39)35-36(30)25-17-20(3)9-10-21(25)4/h6-12,14,17-19,33H,13,15-16H2,1-5H3,(H,34,37)(H,38,39). The largest absolute Gasteiger partial charge is 0.476 e. The first kappa shape index (κ1) is 31.4. The molecule has 4 aromatic rings. The lowest BCUT2D eigenvalue weighted by molar-refractivity contribution is -0.116. The van der Waals surface area contributed by atoms with Crippen LogP contribution < -0.4 is 14.8 Å². The number of carboxylic acids is 1. The van der Waals surface area contributed by atoms with Crippen molar-refractivity contribution in [2.45, 2.75) is 52.4 Å². The van der Waals surface area contributed by atoms with Crippen LogP contribution in [0.4, 0.5) is 5.69 Å². The quantitative estimate of drug-likeness (QED) is 0.200. The number of sulfonamides is 1. The number of carbonyl (C=O) groups is 2. The lowest BCUT2D eigenvalue weighted by Crippen LogP contribution is -2.27. The van der Waals surface area contributed by atoms with E-state index in [1.807, 2.05) is 52.0 Å². The first-order chi connectivity index (χ1) is 20.4. The number of ether oxygens (including phenoxy) is 1. The van der Waals surface area contributed by atoms with Gasteiger partial charge in [-0.25, -0.2) is 17.9 Å². The summed E-state index contributed by atoms with van der Waals surface area (Å²) in [7, 11) is -4.18. The molecule has 2 aromatic heterocycles. The van der Waals surface area contributed by atoms with Crippen molar-refractivity contribution in [3.8, 4) is 17.3 Å². The van der Waals surface area contributed by atoms with Crippen LogP contribution in [-0.4, -0.2) is 46.7 Å². The number of anilines is 1. The average Bonchev–Trinajstić information content (AvgIpc) is 3.26. The first-order valence-corrected chi connectivity index (χ1v) is 15.3. The third-order valence-corrected chi connectivity index (χ3v) is 8.06. The second kappa shape index (κ2) is 13.2. The Bertz CT molecular complexity index is 1750. The van der Waals surface area contributed by atoms with Gasteiger partial charge in [0, 0.05) is 42.5 Å². The van der Waals surface area contributed by atoms with Crippen LogP contribution in [0.1, 0.15) is 53.1 Å². The third-order valence-electron chi connectivity index (χ3n) is 6.58. The van der Waals surface area contributed by atoms with E-state index < -0.39 is 16.0 Å². The zero-order valence-corrected chi connectivity index (χ0v) is 25.5. The van der Waals surface area contributed by atoms with Crippen molar-refractivity contribution in [2.24, 2.45) is 5.92 Å². The molecule has 0 aliphatic carbocycles. The van der Waals surface area contributed by atoms with Gasteiger partial charge in [-0.05, 0) is 74.2 Å². The van der Waals surface area contributed by atoms with Crippen molar-refractivity contribution >= 4 is 27.6 Å². The van der Waals surface area contributed by atoms with Gasteiger partial charge in [0.05, 0.1) is 5.69 Å². The van der Waals surface area contributed by atoms with Crippen LogP contribution in [0.2, 0.25) is 0 Å². The maximum absolute atomic E-state index is 13.7. The Balaban J connectivity index is 1.77. The van der Waals surface area contributed by atoms with Crippen LogP contribution in [0, 0.1) is 26.7 Å². The summed E-state index contributed by atoms with van der Waals surface area (Å²) in [5, 5.41) is 16.9. The molecular formula is C31H35N5O6S. The zero-order valence-electron chi connectivity index (χ0n) is 24.7. The van der Waals surface area contributed by atoms with Crippen molar-refractivity contribution in [1.29, 1.82) is 0 Å². The lowest BCUT2D eigenvalue weighted by atomic mass is 10.1. The van der Waals surface area contributed by atoms with Crippen molar-refractivity contribution in [2.75, 3.05) is 11.9 Å². The highest BCUT2D eigenvalue weighted by Gasteiger charge is 2.27. The second-order valence-corrected chi connectivity index (χ2v) is 12.4. The number of nitrogens with zero attached hydrogens (tertiary/aromatic N) is 3. The monoisotopic (exact) mass is 605 g/mol. The summed E-state index contributed by atoms with van der Waals surface area (Å²) >= 11 is 0. The highest BCUT2D eigenvalue weighted by Crippen LogP contribution is 2.36. The Morgan fingerprint density at radius 1 is 1.05 bits per heavy atom. The number of hydrogen-bond donors (Lipinski definition) is 3. The second-order valence-electron chi connectivity index (χ2n) is 10.7. The summed E-state index contributed by atoms with van der Waals surface area (Å²) in [5.74, 6) is -1.43. The van der Waals surface area contributed by atoms with Crippen molar-refractivity contribution in [3.05, 3.63) is 88.9 Å². The number of carboxylic acid groups (broad SMARTS) is 1. The number of pyridine rings is 1. The molecule has 0 aliphatic heterocycles. The number of amides is 1. The molecule has 43 heavy (non-hydrogen) atoms. The number of rotatable bonds is 12. The SMILES string of the molecule is Cc1ccc(C)c(-n2nc(C(=O)O)c(C)c2Oc2ccc(NC(=O)CC(C)C)cc2S(=O)(=O)NCCc2ccccn2)c1. The maximum Gasteiger partial charge on any atom is 0.356 e. The van der Waals surface area contributed by atoms with Gasteiger partial charge in [0.2, 0.25) is 21.8 Å². The van der Waals surface area contributed by atoms with Crippen LogP contribution in [0.5, 0.6) is 11.6 Å². The Kier molecular flexibility index (Phi) is 9.62. The molecule has 11 nitrogen and oxygen atoms in total. The molecule has 0 saturated heterocycles. The van der Waals surface area contributed by atoms with E-state index in [1.54, 1.807) is 25.3 Å². The summed E-state index contributed by atoms with van der Waals surface area (Å²) in [5.41, 5.74) is 3.28. The van der Waals surface area contributed by atoms with E-state index in [4.69, 9.17) is 4.74 Å². The number of aromatic carboxylic acids is 1. The van der Waals surface area contributed by atoms with Gasteiger partial charge in [0.1, 0.15) is 10.6 Å². The summed E-state index contributed by atoms with van der Waals surface area (Å²) in [6.07, 6.45) is 2.24. The molecule has 12 heteroatoms. The van der Waals surface area contributed by atoms with E-state index >= 15 is 0 Å². The molecule has 0 atom stereocenters. The Morgan fingerprint density at radius 3 is 2.49 bits per heavy atom. The van der Waals surface area contributed by atoms with Crippen molar-refractivity contribution in [1.82, 2.24) is 19.5 Å². The predicted octanol–water partition coefficient (Wildman–Crippen LogP) is 5.19. The van der Waals surface area contributed by atoms with Crippen LogP contribution >= 0.6 is 0 Å². The Hall–Kier alpha value is -4.55. The first-order valence-electron chi connectivity index (χ1n) is 13.8. The fourth-order valence-electron chi connectivity index (χ4n) is 4.42. The number of aromatic nitrogens is 3. The summed E-state index contributed by atoms with van der Waals surface area (Å²) in [6.45, 7) is 9.17. The maximum atomic E-state index is 13.7. The molecule has 1 amide bonds. The van der Waals surface area contributed by atoms with E-state index in [-0.39, 0.29) is 58.3 Å². The fourth-order valence-corrected chi connectivity index (χ4v) is 5.60. The summed E-state index contributed by atoms with van der Waals surface area (Å²) in [6, 6.07) is 15.3. The van der Waals surface area contributed by atoms with Gasteiger partial charge in [-0.15, -0.1) is 0 Å². The molecule has 4 rings (SSSR count). The summed E-state index contributed by atoms with van der Waals surface area (Å²) in [4.78, 5) is 28.5. The van der Waals surface area contributed by atoms with Crippen molar-refractivity contribution in [3.63, 3.8) is 0 Å². The van der Waals surface area contributed by atoms with Gasteiger partial charge in [-0.2, -0.15) is 9.78 Å². The molecule has 0 aliphatic rings. The molecule has 226 valence electrons. The van der Waals surface area contributed by atoms with Gasteiger partial charge in [-0.3, -0.25) is 9.78 Å². The normalized spacial score (nSPS) is 11.5. The molecule has 0 radical (unpaired) electrons. The van der Waals surface area contributed by atoms with Crippen LogP contribution in [0.3, 0.4) is 0 Å². The molecule has 2 heterocycles. The van der Waals surface area contributed by atoms with E-state index in [2.05, 4.69) is 20.1 Å². The van der Waals surface area contributed by atoms with E-state index in [1.165, 1.54) is 22.9 Å².